The Morgan fingerprint density at radius 1 is 1.19 bits per heavy atom. The normalized spacial score (nSPS) is 14.0. The van der Waals surface area contributed by atoms with E-state index in [2.05, 4.69) is 9.44 Å². The highest BCUT2D eigenvalue weighted by Gasteiger charge is 2.13. The molecule has 0 amide bonds. The summed E-state index contributed by atoms with van der Waals surface area (Å²) in [5.74, 6) is -0.928. The van der Waals surface area contributed by atoms with Gasteiger partial charge in [-0.1, -0.05) is 20.8 Å². The van der Waals surface area contributed by atoms with Gasteiger partial charge in [-0.05, 0) is 11.8 Å². The predicted molar refractivity (Wildman–Crippen MR) is 61.2 cm³/mol. The molecule has 1 unspecified atom stereocenters. The molecule has 1 atom stereocenters. The van der Waals surface area contributed by atoms with Crippen LogP contribution in [-0.4, -0.2) is 32.6 Å². The summed E-state index contributed by atoms with van der Waals surface area (Å²) in [4.78, 5) is 10.4. The summed E-state index contributed by atoms with van der Waals surface area (Å²) in [6.07, 6.45) is -0.0489. The van der Waals surface area contributed by atoms with E-state index in [0.29, 0.717) is 6.54 Å². The molecule has 0 aliphatic carbocycles. The Bertz CT molecular complexity index is 313. The van der Waals surface area contributed by atoms with E-state index >= 15 is 0 Å². The molecule has 0 fully saturated rings. The fourth-order valence-corrected chi connectivity index (χ4v) is 2.11. The molecule has 0 aromatic rings. The second-order valence-electron chi connectivity index (χ2n) is 4.30. The molecule has 3 N–H and O–H groups in total. The number of aliphatic carboxylic acids is 1. The first kappa shape index (κ1) is 15.3. The van der Waals surface area contributed by atoms with Crippen LogP contribution < -0.4 is 9.44 Å². The van der Waals surface area contributed by atoms with E-state index in [-0.39, 0.29) is 24.8 Å². The molecule has 16 heavy (non-hydrogen) atoms. The van der Waals surface area contributed by atoms with Crippen molar-refractivity contribution >= 4 is 16.2 Å². The molecule has 0 rings (SSSR count). The zero-order valence-electron chi connectivity index (χ0n) is 9.86. The minimum absolute atomic E-state index is 0.0489. The number of rotatable bonds is 8. The van der Waals surface area contributed by atoms with E-state index in [0.717, 1.165) is 0 Å². The van der Waals surface area contributed by atoms with E-state index in [4.69, 9.17) is 5.11 Å². The van der Waals surface area contributed by atoms with Crippen molar-refractivity contribution < 1.29 is 18.3 Å². The topological polar surface area (TPSA) is 95.5 Å². The molecule has 0 heterocycles. The van der Waals surface area contributed by atoms with E-state index in [9.17, 15) is 13.2 Å². The average Bonchev–Trinajstić information content (AvgIpc) is 2.11. The van der Waals surface area contributed by atoms with Crippen molar-refractivity contribution in [3.8, 4) is 0 Å². The summed E-state index contributed by atoms with van der Waals surface area (Å²) >= 11 is 0. The highest BCUT2D eigenvalue weighted by molar-refractivity contribution is 7.87. The maximum atomic E-state index is 11.4. The minimum Gasteiger partial charge on any atom is -0.481 e. The fourth-order valence-electron chi connectivity index (χ4n) is 0.950. The van der Waals surface area contributed by atoms with Crippen LogP contribution in [0.1, 0.15) is 27.2 Å². The van der Waals surface area contributed by atoms with E-state index in [1.807, 2.05) is 13.8 Å². The summed E-state index contributed by atoms with van der Waals surface area (Å²) in [5, 5.41) is 8.50. The molecule has 0 saturated carbocycles. The number of hydrogen-bond acceptors (Lipinski definition) is 3. The van der Waals surface area contributed by atoms with Crippen molar-refractivity contribution in [2.45, 2.75) is 27.2 Å². The quantitative estimate of drug-likeness (QED) is 0.574. The number of carboxylic acid groups (broad SMARTS) is 1. The number of hydrogen-bond donors (Lipinski definition) is 3. The molecule has 0 aromatic carbocycles. The first-order valence-electron chi connectivity index (χ1n) is 5.19. The second-order valence-corrected chi connectivity index (χ2v) is 5.88. The SMILES string of the molecule is CC(C)CNS(=O)(=O)NCC(C)CC(=O)O. The Morgan fingerprint density at radius 2 is 1.69 bits per heavy atom. The van der Waals surface area contributed by atoms with Gasteiger partial charge in [0.1, 0.15) is 0 Å². The fraction of sp³-hybridized carbons (Fsp3) is 0.889. The average molecular weight is 252 g/mol. The zero-order valence-corrected chi connectivity index (χ0v) is 10.7. The Balaban J connectivity index is 3.94. The molecular weight excluding hydrogens is 232 g/mol. The molecule has 96 valence electrons. The van der Waals surface area contributed by atoms with Crippen molar-refractivity contribution in [2.75, 3.05) is 13.1 Å². The van der Waals surface area contributed by atoms with Crippen LogP contribution in [0.3, 0.4) is 0 Å². The smallest absolute Gasteiger partial charge is 0.303 e. The van der Waals surface area contributed by atoms with Crippen LogP contribution in [0.5, 0.6) is 0 Å². The number of carbonyl (C=O) groups is 1. The van der Waals surface area contributed by atoms with Crippen LogP contribution in [0.4, 0.5) is 0 Å². The van der Waals surface area contributed by atoms with Crippen molar-refractivity contribution in [3.63, 3.8) is 0 Å². The molecule has 0 radical (unpaired) electrons. The third kappa shape index (κ3) is 8.63. The molecule has 0 saturated heterocycles. The van der Waals surface area contributed by atoms with Gasteiger partial charge in [0.05, 0.1) is 0 Å². The lowest BCUT2D eigenvalue weighted by Gasteiger charge is -2.12. The standard InChI is InChI=1S/C9H20N2O4S/c1-7(2)5-10-16(14,15)11-6-8(3)4-9(12)13/h7-8,10-11H,4-6H2,1-3H3,(H,12,13). The van der Waals surface area contributed by atoms with Gasteiger partial charge in [0.15, 0.2) is 0 Å². The van der Waals surface area contributed by atoms with Gasteiger partial charge in [-0.15, -0.1) is 0 Å². The summed E-state index contributed by atoms with van der Waals surface area (Å²) in [7, 11) is -3.50. The largest absolute Gasteiger partial charge is 0.481 e. The molecule has 0 aromatic heterocycles. The van der Waals surface area contributed by atoms with Crippen molar-refractivity contribution in [1.82, 2.24) is 9.44 Å². The molecule has 6 nitrogen and oxygen atoms in total. The molecule has 0 aliphatic heterocycles. The van der Waals surface area contributed by atoms with Crippen LogP contribution in [0.2, 0.25) is 0 Å². The van der Waals surface area contributed by atoms with Gasteiger partial charge in [-0.25, -0.2) is 9.44 Å². The van der Waals surface area contributed by atoms with Crippen LogP contribution in [-0.2, 0) is 15.0 Å². The first-order chi connectivity index (χ1) is 7.23. The molecule has 0 aliphatic rings. The molecular formula is C9H20N2O4S. The van der Waals surface area contributed by atoms with Gasteiger partial charge in [-0.2, -0.15) is 8.42 Å². The second kappa shape index (κ2) is 6.82. The highest BCUT2D eigenvalue weighted by atomic mass is 32.2. The van der Waals surface area contributed by atoms with Crippen molar-refractivity contribution in [3.05, 3.63) is 0 Å². The van der Waals surface area contributed by atoms with E-state index in [1.165, 1.54) is 0 Å². The van der Waals surface area contributed by atoms with E-state index < -0.39 is 16.2 Å². The van der Waals surface area contributed by atoms with Crippen molar-refractivity contribution in [1.29, 1.82) is 0 Å². The highest BCUT2D eigenvalue weighted by Crippen LogP contribution is 2.00. The minimum atomic E-state index is -3.50. The van der Waals surface area contributed by atoms with Crippen LogP contribution in [0.25, 0.3) is 0 Å². The van der Waals surface area contributed by atoms with Gasteiger partial charge in [0.2, 0.25) is 0 Å². The van der Waals surface area contributed by atoms with Crippen LogP contribution >= 0.6 is 0 Å². The summed E-state index contributed by atoms with van der Waals surface area (Å²) in [6, 6.07) is 0. The molecule has 0 bridgehead atoms. The lowest BCUT2D eigenvalue weighted by atomic mass is 10.1. The monoisotopic (exact) mass is 252 g/mol. The maximum Gasteiger partial charge on any atom is 0.303 e. The summed E-state index contributed by atoms with van der Waals surface area (Å²) < 4.78 is 27.4. The Morgan fingerprint density at radius 3 is 2.12 bits per heavy atom. The van der Waals surface area contributed by atoms with Gasteiger partial charge < -0.3 is 5.11 Å². The van der Waals surface area contributed by atoms with Gasteiger partial charge in [-0.3, -0.25) is 4.79 Å². The Labute approximate surface area is 96.6 Å². The molecule has 7 heteroatoms. The van der Waals surface area contributed by atoms with E-state index in [1.54, 1.807) is 6.92 Å². The van der Waals surface area contributed by atoms with Crippen LogP contribution in [0.15, 0.2) is 0 Å². The zero-order chi connectivity index (χ0) is 12.8. The van der Waals surface area contributed by atoms with Gasteiger partial charge in [0, 0.05) is 19.5 Å². The molecule has 0 spiro atoms. The third-order valence-electron chi connectivity index (χ3n) is 1.83. The van der Waals surface area contributed by atoms with Crippen molar-refractivity contribution in [2.24, 2.45) is 11.8 Å². The van der Waals surface area contributed by atoms with Gasteiger partial charge >= 0.3 is 5.97 Å². The lowest BCUT2D eigenvalue weighted by molar-refractivity contribution is -0.137. The first-order valence-corrected chi connectivity index (χ1v) is 6.67. The number of carboxylic acids is 1. The summed E-state index contributed by atoms with van der Waals surface area (Å²) in [5.41, 5.74) is 0. The van der Waals surface area contributed by atoms with Gasteiger partial charge in [0.25, 0.3) is 10.2 Å². The summed E-state index contributed by atoms with van der Waals surface area (Å²) in [6.45, 7) is 5.96. The lowest BCUT2D eigenvalue weighted by Crippen LogP contribution is -2.40. The Hall–Kier alpha value is -0.660. The third-order valence-corrected chi connectivity index (χ3v) is 2.92. The number of nitrogens with one attached hydrogen (secondary N) is 2. The predicted octanol–water partition coefficient (Wildman–Crippen LogP) is 0.177. The van der Waals surface area contributed by atoms with Crippen LogP contribution in [0, 0.1) is 11.8 Å². The maximum absolute atomic E-state index is 11.4. The Kier molecular flexibility index (Phi) is 6.54.